The molecule has 0 saturated carbocycles. The number of rotatable bonds is 10. The highest BCUT2D eigenvalue weighted by atomic mass is 16.8. The third kappa shape index (κ3) is 13.2. The lowest BCUT2D eigenvalue weighted by Gasteiger charge is -2.47. The first-order valence-electron chi connectivity index (χ1n) is 31.2. The number of fused-ring (bicyclic) bond motifs is 8. The van der Waals surface area contributed by atoms with Crippen molar-refractivity contribution in [3.63, 3.8) is 0 Å². The van der Waals surface area contributed by atoms with E-state index in [1.165, 1.54) is 0 Å². The van der Waals surface area contributed by atoms with Crippen molar-refractivity contribution in [1.82, 2.24) is 0 Å². The van der Waals surface area contributed by atoms with Gasteiger partial charge in [-0.1, -0.05) is 0 Å². The Labute approximate surface area is 620 Å². The Morgan fingerprint density at radius 1 is 0.354 bits per heavy atom. The zero-order valence-electron chi connectivity index (χ0n) is 55.3. The van der Waals surface area contributed by atoms with Crippen molar-refractivity contribution >= 4 is 47.8 Å². The maximum atomic E-state index is 15.4. The molecule has 0 amide bonds. The van der Waals surface area contributed by atoms with Crippen LogP contribution in [0.2, 0.25) is 0 Å². The molecule has 113 heavy (non-hydrogen) atoms. The number of hydrogen-bond acceptors (Lipinski definition) is 45. The van der Waals surface area contributed by atoms with Crippen LogP contribution in [0.15, 0.2) is 66.7 Å². The van der Waals surface area contributed by atoms with Gasteiger partial charge in [0, 0.05) is 34.4 Å². The number of cyclic esters (lactones) is 2. The van der Waals surface area contributed by atoms with E-state index < -0.39 is 333 Å². The predicted molar refractivity (Wildman–Crippen MR) is 347 cm³/mol. The van der Waals surface area contributed by atoms with Gasteiger partial charge in [-0.25, -0.2) is 38.4 Å². The molecule has 0 bridgehead atoms. The second-order valence-electron chi connectivity index (χ2n) is 24.4. The van der Waals surface area contributed by atoms with Crippen LogP contribution in [0.4, 0.5) is 0 Å². The summed E-state index contributed by atoms with van der Waals surface area (Å²) < 4.78 is 60.3. The summed E-state index contributed by atoms with van der Waals surface area (Å²) in [5, 5.41) is 285. The van der Waals surface area contributed by atoms with Gasteiger partial charge in [-0.2, -0.15) is 0 Å². The quantitative estimate of drug-likeness (QED) is 0.0394. The SMILES string of the molecule is O=C(O[C@H]1[C@@H]2OC(=O)c3cc(Oc4c(C(=O)O[C@]5(O)C(O)O[C@@H]6COC(=O)c7cc(O)c(O)c(O)c7-c7c(cc(O)c(O)c7O)C(=O)O[C@H]6[C@@H]5OC(=O)c5cc(O)c(O)c(O)c5)cc(O)c(O)c4O)c(O)c(O)c3-c3c(cc(O)c(O)c3O)C(=O)OC[C@H]2OC(O)[C@@H]1OC(=O)c1cc(O)c(O)c(O)c1)c1cc(O)c(O)c(O)c1. The first kappa shape index (κ1) is 77.1. The van der Waals surface area contributed by atoms with Gasteiger partial charge in [-0.15, -0.1) is 0 Å². The minimum atomic E-state index is -4.38. The fraction of sp³-hybridized carbons (Fsp3) is 0.176. The number of hydrogen-bond donors (Lipinski definition) is 26. The molecule has 45 nitrogen and oxygen atoms in total. The Bertz CT molecular complexity index is 5380. The van der Waals surface area contributed by atoms with Crippen LogP contribution in [0.5, 0.6) is 144 Å². The highest BCUT2D eigenvalue weighted by Crippen LogP contribution is 2.58. The highest BCUT2D eigenvalue weighted by Gasteiger charge is 2.64. The van der Waals surface area contributed by atoms with Crippen molar-refractivity contribution < 1.29 is 223 Å². The molecule has 45 heteroatoms. The Hall–Kier alpha value is -15.5. The van der Waals surface area contributed by atoms with Crippen molar-refractivity contribution in [2.45, 2.75) is 61.1 Å². The zero-order valence-corrected chi connectivity index (χ0v) is 55.3. The number of ether oxygens (including phenoxy) is 11. The minimum absolute atomic E-state index is 0.0276. The molecule has 10 atom stereocenters. The fourth-order valence-corrected chi connectivity index (χ4v) is 11.9. The second-order valence-corrected chi connectivity index (χ2v) is 24.4. The Morgan fingerprint density at radius 2 is 0.690 bits per heavy atom. The predicted octanol–water partition coefficient (Wildman–Crippen LogP) is 1.09. The van der Waals surface area contributed by atoms with Crippen LogP contribution in [0.1, 0.15) is 82.9 Å². The number of phenols is 23. The van der Waals surface area contributed by atoms with Crippen LogP contribution in [-0.4, -0.2) is 255 Å². The Kier molecular flexibility index (Phi) is 19.3. The average molecular weight is 1590 g/mol. The summed E-state index contributed by atoms with van der Waals surface area (Å²) in [4.78, 5) is 116. The van der Waals surface area contributed by atoms with Crippen molar-refractivity contribution in [3.05, 3.63) is 111 Å². The van der Waals surface area contributed by atoms with E-state index in [0.29, 0.717) is 48.5 Å². The van der Waals surface area contributed by atoms with Crippen molar-refractivity contribution in [3.8, 4) is 166 Å². The largest absolute Gasteiger partial charge is 0.504 e. The van der Waals surface area contributed by atoms with E-state index in [4.69, 9.17) is 52.1 Å². The molecule has 592 valence electrons. The summed E-state index contributed by atoms with van der Waals surface area (Å²) in [5.41, 5.74) is -15.1. The molecule has 12 rings (SSSR count). The van der Waals surface area contributed by atoms with Crippen LogP contribution in [0, 0.1) is 0 Å². The van der Waals surface area contributed by atoms with Crippen LogP contribution >= 0.6 is 0 Å². The highest BCUT2D eigenvalue weighted by molar-refractivity contribution is 6.10. The molecule has 8 aromatic rings. The number of aliphatic hydroxyl groups excluding tert-OH is 2. The molecule has 8 aromatic carbocycles. The van der Waals surface area contributed by atoms with Crippen molar-refractivity contribution in [1.29, 1.82) is 0 Å². The van der Waals surface area contributed by atoms with Crippen LogP contribution in [0.3, 0.4) is 0 Å². The molecule has 0 spiro atoms. The molecule has 0 aliphatic carbocycles. The lowest BCUT2D eigenvalue weighted by atomic mass is 9.91. The zero-order chi connectivity index (χ0) is 82.6. The lowest BCUT2D eigenvalue weighted by molar-refractivity contribution is -0.390. The van der Waals surface area contributed by atoms with Gasteiger partial charge < -0.3 is 185 Å². The van der Waals surface area contributed by atoms with E-state index in [1.807, 2.05) is 0 Å². The van der Waals surface area contributed by atoms with Gasteiger partial charge in [0.25, 0.3) is 0 Å². The standard InChI is InChI=1S/C68H50O45/c69-22-1-14(2-23(70)39(22)79)58(92)110-55-53-33(106-66(100)56(55)111-59(93)15-3-24(71)40(80)25(72)4-15)12-103-61(95)18-8-29(76)43(83)48(88)36(18)38-20(64(98)108-53)11-32(46(86)50(38)90)105-52-21(10-31(78)45(85)51(52)91)65(99)113-68(102)57(112-60(94)16-5-26(73)41(81)27(74)6-16)54-34(107-67(68)101)13-104-62(96)17-7-28(75)42(82)47(87)35(17)37-19(63(97)109-54)9-30(77)44(84)49(37)89/h1-11,33-34,53-57,66-67,69-91,100-102H,12-13H2/t33-,34-,53-,54-,55+,56-,57+,66?,67?,68+/m1/s1. The number of carbonyl (C=O) groups excluding carboxylic acids is 8. The van der Waals surface area contributed by atoms with E-state index in [-0.39, 0.29) is 18.2 Å². The summed E-state index contributed by atoms with van der Waals surface area (Å²) in [7, 11) is 0. The third-order valence-corrected chi connectivity index (χ3v) is 17.5. The fourth-order valence-electron chi connectivity index (χ4n) is 11.9. The summed E-state index contributed by atoms with van der Waals surface area (Å²) >= 11 is 0. The normalized spacial score (nSPS) is 21.3. The average Bonchev–Trinajstić information content (AvgIpc) is 1.72. The molecule has 2 unspecified atom stereocenters. The number of aliphatic hydroxyl groups is 3. The van der Waals surface area contributed by atoms with Crippen LogP contribution in [0.25, 0.3) is 22.3 Å². The molecular formula is C68H50O45. The van der Waals surface area contributed by atoms with Gasteiger partial charge in [0.1, 0.15) is 31.0 Å². The minimum Gasteiger partial charge on any atom is -0.504 e. The van der Waals surface area contributed by atoms with E-state index in [1.54, 1.807) is 0 Å². The van der Waals surface area contributed by atoms with Gasteiger partial charge in [0.05, 0.1) is 38.9 Å². The maximum absolute atomic E-state index is 15.4. The topological polar surface area (TPSA) is 764 Å². The Morgan fingerprint density at radius 3 is 1.12 bits per heavy atom. The Balaban J connectivity index is 0.989. The van der Waals surface area contributed by atoms with E-state index in [0.717, 1.165) is 0 Å². The maximum Gasteiger partial charge on any atom is 0.345 e. The number of esters is 8. The molecule has 4 heterocycles. The van der Waals surface area contributed by atoms with E-state index >= 15 is 9.59 Å². The monoisotopic (exact) mass is 1590 g/mol. The molecule has 26 N–H and O–H groups in total. The number of phenolic OH excluding ortho intramolecular Hbond substituents is 23. The van der Waals surface area contributed by atoms with Gasteiger partial charge in [-0.3, -0.25) is 0 Å². The molecule has 0 aromatic heterocycles. The second kappa shape index (κ2) is 28.3. The van der Waals surface area contributed by atoms with Gasteiger partial charge in [0.2, 0.25) is 46.9 Å². The van der Waals surface area contributed by atoms with Crippen LogP contribution < -0.4 is 4.74 Å². The summed E-state index contributed by atoms with van der Waals surface area (Å²) in [6.07, 6.45) is -25.1. The van der Waals surface area contributed by atoms with Gasteiger partial charge in [0.15, 0.2) is 140 Å². The first-order chi connectivity index (χ1) is 53.0. The smallest absolute Gasteiger partial charge is 0.345 e. The molecule has 4 aliphatic heterocycles. The van der Waals surface area contributed by atoms with E-state index in [2.05, 4.69) is 0 Å². The number of aromatic hydroxyl groups is 23. The van der Waals surface area contributed by atoms with Gasteiger partial charge >= 0.3 is 53.5 Å². The molecule has 2 fully saturated rings. The molecule has 2 saturated heterocycles. The number of benzene rings is 8. The lowest BCUT2D eigenvalue weighted by Crippen LogP contribution is -2.70. The summed E-state index contributed by atoms with van der Waals surface area (Å²) in [6.45, 7) is -2.90. The molecular weight excluding hydrogens is 1540 g/mol. The number of carbonyl (C=O) groups is 8. The summed E-state index contributed by atoms with van der Waals surface area (Å²) in [6, 6.07) is 3.62. The molecule has 0 radical (unpaired) electrons. The van der Waals surface area contributed by atoms with Gasteiger partial charge in [-0.05, 0) is 54.6 Å². The third-order valence-electron chi connectivity index (χ3n) is 17.5. The van der Waals surface area contributed by atoms with Crippen molar-refractivity contribution in [2.75, 3.05) is 13.2 Å². The summed E-state index contributed by atoms with van der Waals surface area (Å²) in [5.74, 6) is -57.5. The van der Waals surface area contributed by atoms with Crippen molar-refractivity contribution in [2.24, 2.45) is 0 Å². The van der Waals surface area contributed by atoms with Crippen LogP contribution in [-0.2, 0) is 47.4 Å². The molecule has 4 aliphatic rings. The van der Waals surface area contributed by atoms with E-state index in [9.17, 15) is 162 Å². The first-order valence-corrected chi connectivity index (χ1v) is 31.2.